The Morgan fingerprint density at radius 1 is 1.05 bits per heavy atom. The highest BCUT2D eigenvalue weighted by atomic mass is 35.5. The molecule has 9 heteroatoms. The van der Waals surface area contributed by atoms with Gasteiger partial charge in [-0.25, -0.2) is 4.79 Å². The van der Waals surface area contributed by atoms with E-state index in [2.05, 4.69) is 11.9 Å². The number of hydrogen-bond donors (Lipinski definition) is 1. The van der Waals surface area contributed by atoms with E-state index in [4.69, 9.17) is 25.5 Å². The van der Waals surface area contributed by atoms with Crippen LogP contribution in [0.3, 0.4) is 0 Å². The summed E-state index contributed by atoms with van der Waals surface area (Å²) >= 11 is 6.03. The van der Waals surface area contributed by atoms with E-state index in [-0.39, 0.29) is 25.5 Å². The van der Waals surface area contributed by atoms with Gasteiger partial charge in [-0.1, -0.05) is 29.8 Å². The summed E-state index contributed by atoms with van der Waals surface area (Å²) in [7, 11) is 3.17. The van der Waals surface area contributed by atoms with Crippen LogP contribution in [-0.2, 0) is 17.8 Å². The van der Waals surface area contributed by atoms with Gasteiger partial charge < -0.3 is 29.0 Å². The number of amides is 3. The number of ether oxygens (including phenoxy) is 2. The largest absolute Gasteiger partial charge is 0.493 e. The van der Waals surface area contributed by atoms with E-state index in [1.807, 2.05) is 37.3 Å². The van der Waals surface area contributed by atoms with Crippen LogP contribution in [-0.4, -0.2) is 55.6 Å². The maximum absolute atomic E-state index is 13.5. The summed E-state index contributed by atoms with van der Waals surface area (Å²) in [5.74, 6) is 2.45. The first-order chi connectivity index (χ1) is 17.8. The van der Waals surface area contributed by atoms with Crippen molar-refractivity contribution in [1.82, 2.24) is 9.80 Å². The number of nitrogens with one attached hydrogen (secondary N) is 1. The minimum atomic E-state index is -0.427. The van der Waals surface area contributed by atoms with Gasteiger partial charge in [0.05, 0.1) is 20.8 Å². The van der Waals surface area contributed by atoms with Crippen LogP contribution >= 0.6 is 11.6 Å². The Kier molecular flexibility index (Phi) is 10.0. The van der Waals surface area contributed by atoms with Gasteiger partial charge in [-0.05, 0) is 61.4 Å². The molecule has 0 saturated carbocycles. The number of hydrogen-bond acceptors (Lipinski definition) is 5. The van der Waals surface area contributed by atoms with Crippen LogP contribution in [0.25, 0.3) is 0 Å². The number of methoxy groups -OCH3 is 2. The molecule has 0 aliphatic rings. The van der Waals surface area contributed by atoms with Gasteiger partial charge in [-0.3, -0.25) is 4.79 Å². The van der Waals surface area contributed by atoms with Crippen molar-refractivity contribution < 1.29 is 23.5 Å². The number of carbonyl (C=O) groups is 2. The van der Waals surface area contributed by atoms with E-state index < -0.39 is 6.03 Å². The van der Waals surface area contributed by atoms with Crippen molar-refractivity contribution in [3.8, 4) is 11.5 Å². The van der Waals surface area contributed by atoms with E-state index in [0.717, 1.165) is 11.3 Å². The number of nitrogens with zero attached hydrogens (tertiary/aromatic N) is 2. The van der Waals surface area contributed by atoms with Crippen LogP contribution in [0.15, 0.2) is 71.7 Å². The number of furan rings is 1. The van der Waals surface area contributed by atoms with Crippen molar-refractivity contribution in [2.24, 2.45) is 0 Å². The van der Waals surface area contributed by atoms with E-state index >= 15 is 0 Å². The topological polar surface area (TPSA) is 84.2 Å². The van der Waals surface area contributed by atoms with Crippen LogP contribution in [0.5, 0.6) is 11.5 Å². The van der Waals surface area contributed by atoms with Crippen molar-refractivity contribution in [2.75, 3.05) is 39.2 Å². The van der Waals surface area contributed by atoms with Gasteiger partial charge in [-0.2, -0.15) is 0 Å². The van der Waals surface area contributed by atoms with E-state index in [1.165, 1.54) is 4.90 Å². The fourth-order valence-electron chi connectivity index (χ4n) is 3.76. The molecule has 196 valence electrons. The molecule has 1 aromatic heterocycles. The van der Waals surface area contributed by atoms with Gasteiger partial charge in [-0.15, -0.1) is 6.58 Å². The minimum absolute atomic E-state index is 0.135. The molecule has 0 aliphatic heterocycles. The zero-order valence-electron chi connectivity index (χ0n) is 21.3. The average molecular weight is 526 g/mol. The Morgan fingerprint density at radius 2 is 1.84 bits per heavy atom. The van der Waals surface area contributed by atoms with Gasteiger partial charge in [0, 0.05) is 23.8 Å². The summed E-state index contributed by atoms with van der Waals surface area (Å²) in [6.45, 7) is 6.33. The molecule has 1 N–H and O–H groups in total. The molecule has 8 nitrogen and oxygen atoms in total. The zero-order chi connectivity index (χ0) is 26.8. The second-order valence-electron chi connectivity index (χ2n) is 8.38. The predicted molar refractivity (Wildman–Crippen MR) is 144 cm³/mol. The highest BCUT2D eigenvalue weighted by molar-refractivity contribution is 6.30. The van der Waals surface area contributed by atoms with Crippen LogP contribution in [0.2, 0.25) is 5.02 Å². The molecule has 1 heterocycles. The van der Waals surface area contributed by atoms with Gasteiger partial charge in [0.15, 0.2) is 11.5 Å². The average Bonchev–Trinajstić information content (AvgIpc) is 3.30. The van der Waals surface area contributed by atoms with Gasteiger partial charge in [0.1, 0.15) is 18.1 Å². The van der Waals surface area contributed by atoms with Crippen LogP contribution in [0.1, 0.15) is 17.1 Å². The first-order valence-corrected chi connectivity index (χ1v) is 12.2. The Labute approximate surface area is 222 Å². The summed E-state index contributed by atoms with van der Waals surface area (Å²) in [5, 5.41) is 3.29. The fourth-order valence-corrected chi connectivity index (χ4v) is 3.95. The number of carbonyl (C=O) groups excluding carboxylic acids is 2. The number of aryl methyl sites for hydroxylation is 1. The van der Waals surface area contributed by atoms with Gasteiger partial charge in [0.25, 0.3) is 0 Å². The highest BCUT2D eigenvalue weighted by Crippen LogP contribution is 2.28. The smallest absolute Gasteiger partial charge is 0.322 e. The van der Waals surface area contributed by atoms with E-state index in [9.17, 15) is 9.59 Å². The summed E-state index contributed by atoms with van der Waals surface area (Å²) in [5.41, 5.74) is 1.52. The third-order valence-corrected chi connectivity index (χ3v) is 5.89. The molecule has 3 amide bonds. The van der Waals surface area contributed by atoms with Gasteiger partial charge in [0.2, 0.25) is 5.91 Å². The summed E-state index contributed by atoms with van der Waals surface area (Å²) in [6, 6.07) is 15.8. The third kappa shape index (κ3) is 8.05. The Bertz CT molecular complexity index is 1230. The van der Waals surface area contributed by atoms with Crippen LogP contribution in [0, 0.1) is 6.92 Å². The molecule has 0 bridgehead atoms. The predicted octanol–water partition coefficient (Wildman–Crippen LogP) is 5.55. The van der Waals surface area contributed by atoms with E-state index in [0.29, 0.717) is 40.9 Å². The third-order valence-electron chi connectivity index (χ3n) is 5.65. The first-order valence-electron chi connectivity index (χ1n) is 11.8. The molecule has 3 rings (SSSR count). The molecule has 0 unspecified atom stereocenters. The number of rotatable bonds is 12. The molecule has 0 fully saturated rings. The van der Waals surface area contributed by atoms with Crippen molar-refractivity contribution >= 4 is 29.2 Å². The minimum Gasteiger partial charge on any atom is -0.493 e. The lowest BCUT2D eigenvalue weighted by Crippen LogP contribution is -2.44. The molecule has 37 heavy (non-hydrogen) atoms. The standard InChI is InChI=1S/C28H32ClN3O5/c1-5-14-32(28(34)30-23-8-6-7-22(29)17-23)19-27(33)31(18-24-11-9-20(2)37-24)15-13-21-10-12-25(35-3)26(16-21)36-4/h5-12,16-17H,1,13-15,18-19H2,2-4H3,(H,30,34). The number of urea groups is 1. The van der Waals surface area contributed by atoms with Crippen molar-refractivity contribution in [1.29, 1.82) is 0 Å². The Hall–Kier alpha value is -3.91. The monoisotopic (exact) mass is 525 g/mol. The molecular weight excluding hydrogens is 494 g/mol. The van der Waals surface area contributed by atoms with Crippen molar-refractivity contribution in [3.63, 3.8) is 0 Å². The lowest BCUT2D eigenvalue weighted by atomic mass is 10.1. The molecule has 3 aromatic rings. The molecule has 0 radical (unpaired) electrons. The van der Waals surface area contributed by atoms with Crippen LogP contribution in [0.4, 0.5) is 10.5 Å². The highest BCUT2D eigenvalue weighted by Gasteiger charge is 2.22. The lowest BCUT2D eigenvalue weighted by Gasteiger charge is -2.27. The number of anilines is 1. The Morgan fingerprint density at radius 3 is 2.49 bits per heavy atom. The summed E-state index contributed by atoms with van der Waals surface area (Å²) in [4.78, 5) is 29.5. The maximum Gasteiger partial charge on any atom is 0.322 e. The SMILES string of the molecule is C=CCN(CC(=O)N(CCc1ccc(OC)c(OC)c1)Cc1ccc(C)o1)C(=O)Nc1cccc(Cl)c1. The summed E-state index contributed by atoms with van der Waals surface area (Å²) < 4.78 is 16.4. The molecular formula is C28H32ClN3O5. The van der Waals surface area contributed by atoms with Crippen molar-refractivity contribution in [2.45, 2.75) is 19.9 Å². The molecule has 2 aromatic carbocycles. The fraction of sp³-hybridized carbons (Fsp3) is 0.286. The lowest BCUT2D eigenvalue weighted by molar-refractivity contribution is -0.132. The molecule has 0 aliphatic carbocycles. The first kappa shape index (κ1) is 27.7. The summed E-state index contributed by atoms with van der Waals surface area (Å²) in [6.07, 6.45) is 2.15. The van der Waals surface area contributed by atoms with Crippen LogP contribution < -0.4 is 14.8 Å². The molecule has 0 atom stereocenters. The number of halogens is 1. The zero-order valence-corrected chi connectivity index (χ0v) is 22.1. The maximum atomic E-state index is 13.5. The Balaban J connectivity index is 1.74. The quantitative estimate of drug-likeness (QED) is 0.313. The molecule has 0 saturated heterocycles. The van der Waals surface area contributed by atoms with E-state index in [1.54, 1.807) is 49.5 Å². The number of benzene rings is 2. The molecule has 0 spiro atoms. The van der Waals surface area contributed by atoms with Gasteiger partial charge >= 0.3 is 6.03 Å². The second-order valence-corrected chi connectivity index (χ2v) is 8.81. The second kappa shape index (κ2) is 13.4. The van der Waals surface area contributed by atoms with Crippen molar-refractivity contribution in [3.05, 3.63) is 89.4 Å². The normalized spacial score (nSPS) is 10.5.